The van der Waals surface area contributed by atoms with E-state index in [4.69, 9.17) is 14.2 Å². The molecule has 3 heterocycles. The quantitative estimate of drug-likeness (QED) is 0.666. The van der Waals surface area contributed by atoms with Crippen molar-refractivity contribution in [3.05, 3.63) is 36.4 Å². The van der Waals surface area contributed by atoms with Crippen molar-refractivity contribution in [3.63, 3.8) is 0 Å². The Bertz CT molecular complexity index is 1000. The van der Waals surface area contributed by atoms with Gasteiger partial charge in [-0.25, -0.2) is 22.8 Å². The molecule has 2 fully saturated rings. The fraction of sp³-hybridized carbons (Fsp3) is 0.474. The first-order chi connectivity index (χ1) is 14.5. The summed E-state index contributed by atoms with van der Waals surface area (Å²) in [5.41, 5.74) is 0. The Morgan fingerprint density at radius 1 is 1.17 bits per heavy atom. The first kappa shape index (κ1) is 20.8. The Balaban J connectivity index is 1.45. The van der Waals surface area contributed by atoms with E-state index in [1.54, 1.807) is 6.07 Å². The molecule has 11 heteroatoms. The van der Waals surface area contributed by atoms with Crippen molar-refractivity contribution in [2.24, 2.45) is 0 Å². The van der Waals surface area contributed by atoms with Gasteiger partial charge in [0, 0.05) is 25.7 Å². The van der Waals surface area contributed by atoms with E-state index < -0.39 is 15.8 Å². The Kier molecular flexibility index (Phi) is 6.02. The van der Waals surface area contributed by atoms with Gasteiger partial charge in [-0.2, -0.15) is 4.31 Å². The maximum Gasteiger partial charge on any atom is 0.246 e. The zero-order valence-electron chi connectivity index (χ0n) is 16.5. The molecular weight excluding hydrogens is 415 g/mol. The number of nitrogens with zero attached hydrogens (tertiary/aromatic N) is 4. The summed E-state index contributed by atoms with van der Waals surface area (Å²) in [6.07, 6.45) is 1.56. The lowest BCUT2D eigenvalue weighted by Crippen LogP contribution is -2.36. The number of rotatable bonds is 6. The van der Waals surface area contributed by atoms with Crippen LogP contribution >= 0.6 is 0 Å². The summed E-state index contributed by atoms with van der Waals surface area (Å²) in [5.74, 6) is 0.596. The largest absolute Gasteiger partial charge is 0.495 e. The molecule has 0 bridgehead atoms. The van der Waals surface area contributed by atoms with Gasteiger partial charge in [-0.05, 0) is 24.6 Å². The lowest BCUT2D eigenvalue weighted by Gasteiger charge is -2.27. The summed E-state index contributed by atoms with van der Waals surface area (Å²) in [4.78, 5) is 10.3. The van der Waals surface area contributed by atoms with Gasteiger partial charge in [-0.15, -0.1) is 0 Å². The molecule has 1 aromatic carbocycles. The molecule has 1 aromatic heterocycles. The molecule has 30 heavy (non-hydrogen) atoms. The van der Waals surface area contributed by atoms with Crippen LogP contribution in [0.25, 0.3) is 0 Å². The molecule has 0 amide bonds. The number of hydrogen-bond acceptors (Lipinski definition) is 8. The molecule has 0 saturated carbocycles. The van der Waals surface area contributed by atoms with Crippen LogP contribution in [0.3, 0.4) is 0 Å². The van der Waals surface area contributed by atoms with E-state index in [2.05, 4.69) is 14.9 Å². The molecule has 2 aliphatic rings. The van der Waals surface area contributed by atoms with Crippen molar-refractivity contribution < 1.29 is 27.0 Å². The highest BCUT2D eigenvalue weighted by atomic mass is 32.2. The van der Waals surface area contributed by atoms with Crippen molar-refractivity contribution in [2.75, 3.05) is 51.4 Å². The van der Waals surface area contributed by atoms with Gasteiger partial charge >= 0.3 is 0 Å². The van der Waals surface area contributed by atoms with E-state index in [0.29, 0.717) is 25.5 Å². The second kappa shape index (κ2) is 8.70. The van der Waals surface area contributed by atoms with Crippen LogP contribution < -0.4 is 14.4 Å². The average Bonchev–Trinajstić information content (AvgIpc) is 3.24. The van der Waals surface area contributed by atoms with Crippen LogP contribution in [-0.2, 0) is 14.8 Å². The number of methoxy groups -OCH3 is 1. The molecule has 162 valence electrons. The van der Waals surface area contributed by atoms with Crippen LogP contribution in [-0.4, -0.2) is 75.3 Å². The van der Waals surface area contributed by atoms with Crippen molar-refractivity contribution in [1.29, 1.82) is 0 Å². The predicted molar refractivity (Wildman–Crippen MR) is 106 cm³/mol. The monoisotopic (exact) mass is 438 g/mol. The number of ether oxygens (including phenoxy) is 3. The SMILES string of the molecule is COc1ccc(F)cc1S(=O)(=O)N1CCC(Oc2cc(N3CCOCC3)ncn2)C1. The fourth-order valence-corrected chi connectivity index (χ4v) is 5.19. The van der Waals surface area contributed by atoms with Crippen LogP contribution in [0.2, 0.25) is 0 Å². The first-order valence-corrected chi connectivity index (χ1v) is 11.1. The van der Waals surface area contributed by atoms with Crippen LogP contribution in [0.5, 0.6) is 11.6 Å². The Morgan fingerprint density at radius 3 is 2.73 bits per heavy atom. The Hall–Kier alpha value is -2.50. The summed E-state index contributed by atoms with van der Waals surface area (Å²) in [7, 11) is -2.57. The maximum absolute atomic E-state index is 13.7. The van der Waals surface area contributed by atoms with Gasteiger partial charge in [-0.1, -0.05) is 0 Å². The number of hydrogen-bond donors (Lipinski definition) is 0. The van der Waals surface area contributed by atoms with Gasteiger partial charge in [0.05, 0.1) is 26.9 Å². The molecule has 9 nitrogen and oxygen atoms in total. The molecule has 2 aliphatic heterocycles. The molecule has 4 rings (SSSR count). The number of sulfonamides is 1. The molecule has 0 spiro atoms. The summed E-state index contributed by atoms with van der Waals surface area (Å²) in [5, 5.41) is 0. The van der Waals surface area contributed by atoms with Crippen molar-refractivity contribution in [1.82, 2.24) is 14.3 Å². The third-order valence-electron chi connectivity index (χ3n) is 5.10. The molecule has 1 unspecified atom stereocenters. The van der Waals surface area contributed by atoms with E-state index in [1.165, 1.54) is 23.8 Å². The molecule has 2 aromatic rings. The number of anilines is 1. The molecule has 1 atom stereocenters. The molecule has 0 N–H and O–H groups in total. The number of halogens is 1. The topological polar surface area (TPSA) is 94.1 Å². The number of aromatic nitrogens is 2. The Labute approximate surface area is 174 Å². The van der Waals surface area contributed by atoms with Crippen molar-refractivity contribution >= 4 is 15.8 Å². The summed E-state index contributed by atoms with van der Waals surface area (Å²) >= 11 is 0. The first-order valence-electron chi connectivity index (χ1n) is 9.62. The molecule has 0 radical (unpaired) electrons. The van der Waals surface area contributed by atoms with E-state index in [1.807, 2.05) is 0 Å². The molecule has 0 aliphatic carbocycles. The molecule has 2 saturated heterocycles. The van der Waals surface area contributed by atoms with E-state index in [-0.39, 0.29) is 29.8 Å². The zero-order chi connectivity index (χ0) is 21.1. The molecular formula is C19H23FN4O5S. The third-order valence-corrected chi connectivity index (χ3v) is 6.99. The minimum Gasteiger partial charge on any atom is -0.495 e. The van der Waals surface area contributed by atoms with E-state index in [0.717, 1.165) is 31.0 Å². The third kappa shape index (κ3) is 4.32. The van der Waals surface area contributed by atoms with Gasteiger partial charge in [0.2, 0.25) is 15.9 Å². The van der Waals surface area contributed by atoms with Gasteiger partial charge in [0.1, 0.15) is 34.7 Å². The fourth-order valence-electron chi connectivity index (χ4n) is 3.53. The van der Waals surface area contributed by atoms with Crippen LogP contribution in [0.1, 0.15) is 6.42 Å². The normalized spacial score (nSPS) is 20.3. The highest BCUT2D eigenvalue weighted by molar-refractivity contribution is 7.89. The van der Waals surface area contributed by atoms with E-state index >= 15 is 0 Å². The smallest absolute Gasteiger partial charge is 0.246 e. The van der Waals surface area contributed by atoms with E-state index in [9.17, 15) is 12.8 Å². The summed E-state index contributed by atoms with van der Waals surface area (Å²) in [6, 6.07) is 5.19. The van der Waals surface area contributed by atoms with Gasteiger partial charge in [0.15, 0.2) is 0 Å². The second-order valence-corrected chi connectivity index (χ2v) is 8.91. The lowest BCUT2D eigenvalue weighted by atomic mass is 10.3. The van der Waals surface area contributed by atoms with Crippen molar-refractivity contribution in [3.8, 4) is 11.6 Å². The van der Waals surface area contributed by atoms with Crippen LogP contribution in [0.4, 0.5) is 10.2 Å². The van der Waals surface area contributed by atoms with Crippen LogP contribution in [0, 0.1) is 5.82 Å². The summed E-state index contributed by atoms with van der Waals surface area (Å²) < 4.78 is 57.3. The second-order valence-electron chi connectivity index (χ2n) is 7.00. The zero-order valence-corrected chi connectivity index (χ0v) is 17.3. The van der Waals surface area contributed by atoms with Gasteiger partial charge in [-0.3, -0.25) is 0 Å². The highest BCUT2D eigenvalue weighted by Crippen LogP contribution is 2.30. The van der Waals surface area contributed by atoms with Crippen molar-refractivity contribution in [2.45, 2.75) is 17.4 Å². The standard InChI is InChI=1S/C19H23FN4O5S/c1-27-16-3-2-14(20)10-17(16)30(25,26)24-5-4-15(12-24)29-19-11-18(21-13-22-19)23-6-8-28-9-7-23/h2-3,10-11,13,15H,4-9,12H2,1H3. The number of benzene rings is 1. The number of morpholine rings is 1. The highest BCUT2D eigenvalue weighted by Gasteiger charge is 2.35. The summed E-state index contributed by atoms with van der Waals surface area (Å²) in [6.45, 7) is 3.15. The van der Waals surface area contributed by atoms with Gasteiger partial charge in [0.25, 0.3) is 0 Å². The predicted octanol–water partition coefficient (Wildman–Crippen LogP) is 1.30. The Morgan fingerprint density at radius 2 is 1.97 bits per heavy atom. The lowest BCUT2D eigenvalue weighted by molar-refractivity contribution is 0.122. The maximum atomic E-state index is 13.7. The van der Waals surface area contributed by atoms with Gasteiger partial charge < -0.3 is 19.1 Å². The average molecular weight is 438 g/mol. The minimum absolute atomic E-state index is 0.103. The van der Waals surface area contributed by atoms with Crippen LogP contribution in [0.15, 0.2) is 35.5 Å². The minimum atomic E-state index is -3.92.